The number of nitrogens with zero attached hydrogens (tertiary/aromatic N) is 1. The van der Waals surface area contributed by atoms with Gasteiger partial charge in [-0.05, 0) is 44.0 Å². The molecule has 2 aliphatic heterocycles. The normalized spacial score (nSPS) is 17.5. The van der Waals surface area contributed by atoms with E-state index in [1.54, 1.807) is 0 Å². The van der Waals surface area contributed by atoms with Crippen molar-refractivity contribution < 1.29 is 17.6 Å². The van der Waals surface area contributed by atoms with Crippen molar-refractivity contribution in [1.82, 2.24) is 15.5 Å². The van der Waals surface area contributed by atoms with Gasteiger partial charge in [-0.3, -0.25) is 4.79 Å². The van der Waals surface area contributed by atoms with Gasteiger partial charge in [0.05, 0.1) is 11.1 Å². The van der Waals surface area contributed by atoms with Gasteiger partial charge in [0, 0.05) is 41.7 Å². The van der Waals surface area contributed by atoms with Gasteiger partial charge in [0.2, 0.25) is 0 Å². The lowest BCUT2D eigenvalue weighted by Crippen LogP contribution is -2.35. The largest absolute Gasteiger partial charge is 0.384 e. The number of aromatic amines is 1. The van der Waals surface area contributed by atoms with Crippen molar-refractivity contribution in [2.45, 2.75) is 32.6 Å². The molecule has 3 heterocycles. The Kier molecular flexibility index (Phi) is 7.84. The number of piperidine rings is 1. The number of rotatable bonds is 1. The van der Waals surface area contributed by atoms with Gasteiger partial charge >= 0.3 is 0 Å². The third kappa shape index (κ3) is 5.27. The molecule has 0 bridgehead atoms. The molecule has 5 nitrogen and oxygen atoms in total. The first kappa shape index (κ1) is 23.7. The zero-order valence-electron chi connectivity index (χ0n) is 17.9. The lowest BCUT2D eigenvalue weighted by atomic mass is 9.79. The fraction of sp³-hybridized carbons (Fsp3) is 0.391. The third-order valence-electron chi connectivity index (χ3n) is 5.53. The van der Waals surface area contributed by atoms with Gasteiger partial charge in [-0.25, -0.2) is 22.7 Å². The molecule has 0 spiro atoms. The molecule has 2 aromatic carbocycles. The van der Waals surface area contributed by atoms with E-state index >= 15 is 0 Å². The fourth-order valence-electron chi connectivity index (χ4n) is 4.17. The highest BCUT2D eigenvalue weighted by Crippen LogP contribution is 2.39. The van der Waals surface area contributed by atoms with Crippen LogP contribution < -0.4 is 16.2 Å². The second-order valence-corrected chi connectivity index (χ2v) is 7.48. The van der Waals surface area contributed by atoms with Crippen molar-refractivity contribution >= 4 is 16.5 Å². The van der Waals surface area contributed by atoms with E-state index in [4.69, 9.17) is 0 Å². The average Bonchev–Trinajstić information content (AvgIpc) is 2.77. The van der Waals surface area contributed by atoms with E-state index < -0.39 is 23.3 Å². The van der Waals surface area contributed by atoms with Crippen LogP contribution in [0, 0.1) is 29.2 Å². The SMILES string of the molecule is CC.Fc1cc(F)cc(F)c1.O=c1[nH]nc2c3c(cc(F)cc13)NCC2C1CCNCC1. The molecule has 1 unspecified atom stereocenters. The molecule has 3 aromatic rings. The summed E-state index contributed by atoms with van der Waals surface area (Å²) in [5, 5.41) is 14.7. The standard InChI is InChI=1S/C15H17FN4O.C6H3F3.C2H6/c16-9-5-10-13-12(6-9)18-7-11(8-1-3-17-4-2-8)14(13)19-20-15(10)21;7-4-1-5(8)3-6(9)2-4;1-2/h5-6,8,11,17-18H,1-4,7H2,(H,20,21);1-3H;1-2H3. The summed E-state index contributed by atoms with van der Waals surface area (Å²) in [6.07, 6.45) is 2.20. The Morgan fingerprint density at radius 1 is 0.875 bits per heavy atom. The highest BCUT2D eigenvalue weighted by molar-refractivity contribution is 5.96. The summed E-state index contributed by atoms with van der Waals surface area (Å²) in [5.74, 6) is -2.27. The summed E-state index contributed by atoms with van der Waals surface area (Å²) in [6.45, 7) is 6.78. The second kappa shape index (κ2) is 10.6. The van der Waals surface area contributed by atoms with Gasteiger partial charge in [-0.1, -0.05) is 13.8 Å². The molecule has 9 heteroatoms. The molecule has 2 aliphatic rings. The number of aromatic nitrogens is 2. The van der Waals surface area contributed by atoms with E-state index in [1.807, 2.05) is 13.8 Å². The quantitative estimate of drug-likeness (QED) is 0.470. The number of hydrogen-bond acceptors (Lipinski definition) is 4. The maximum atomic E-state index is 13.7. The van der Waals surface area contributed by atoms with E-state index in [9.17, 15) is 22.4 Å². The van der Waals surface area contributed by atoms with E-state index in [0.717, 1.165) is 43.6 Å². The Labute approximate surface area is 183 Å². The lowest BCUT2D eigenvalue weighted by Gasteiger charge is -2.34. The monoisotopic (exact) mass is 450 g/mol. The van der Waals surface area contributed by atoms with E-state index in [1.165, 1.54) is 12.1 Å². The Morgan fingerprint density at radius 3 is 2.03 bits per heavy atom. The first-order valence-corrected chi connectivity index (χ1v) is 10.7. The predicted molar refractivity (Wildman–Crippen MR) is 117 cm³/mol. The molecule has 0 aliphatic carbocycles. The Morgan fingerprint density at radius 2 is 1.44 bits per heavy atom. The van der Waals surface area contributed by atoms with Crippen molar-refractivity contribution in [3.05, 3.63) is 69.6 Å². The minimum atomic E-state index is -0.896. The molecule has 32 heavy (non-hydrogen) atoms. The summed E-state index contributed by atoms with van der Waals surface area (Å²) in [6, 6.07) is 4.59. The fourth-order valence-corrected chi connectivity index (χ4v) is 4.17. The van der Waals surface area contributed by atoms with Crippen molar-refractivity contribution in [3.63, 3.8) is 0 Å². The second-order valence-electron chi connectivity index (χ2n) is 7.48. The van der Waals surface area contributed by atoms with Crippen LogP contribution in [0.4, 0.5) is 23.2 Å². The topological polar surface area (TPSA) is 69.8 Å². The van der Waals surface area contributed by atoms with Gasteiger partial charge in [0.1, 0.15) is 23.3 Å². The number of halogens is 4. The van der Waals surface area contributed by atoms with Gasteiger partial charge < -0.3 is 10.6 Å². The number of H-pyrrole nitrogens is 1. The molecule has 3 N–H and O–H groups in total. The van der Waals surface area contributed by atoms with Crippen LogP contribution in [-0.2, 0) is 0 Å². The smallest absolute Gasteiger partial charge is 0.272 e. The summed E-state index contributed by atoms with van der Waals surface area (Å²) >= 11 is 0. The van der Waals surface area contributed by atoms with Gasteiger partial charge in [-0.15, -0.1) is 0 Å². The maximum absolute atomic E-state index is 13.7. The first-order chi connectivity index (χ1) is 15.4. The molecule has 0 amide bonds. The number of anilines is 1. The van der Waals surface area contributed by atoms with Gasteiger partial charge in [-0.2, -0.15) is 5.10 Å². The highest BCUT2D eigenvalue weighted by atomic mass is 19.1. The Bertz CT molecular complexity index is 1080. The van der Waals surface area contributed by atoms with E-state index in [-0.39, 0.29) is 11.5 Å². The lowest BCUT2D eigenvalue weighted by molar-refractivity contribution is 0.320. The van der Waals surface area contributed by atoms with Crippen molar-refractivity contribution in [2.75, 3.05) is 25.0 Å². The minimum absolute atomic E-state index is 0.268. The summed E-state index contributed by atoms with van der Waals surface area (Å²) < 4.78 is 49.5. The molecule has 0 saturated carbocycles. The third-order valence-corrected chi connectivity index (χ3v) is 5.53. The number of hydrogen-bond donors (Lipinski definition) is 3. The van der Waals surface area contributed by atoms with E-state index in [2.05, 4.69) is 20.8 Å². The number of benzene rings is 2. The molecular formula is C23H26F4N4O. The molecule has 1 fully saturated rings. The summed E-state index contributed by atoms with van der Waals surface area (Å²) in [5.41, 5.74) is 1.26. The minimum Gasteiger partial charge on any atom is -0.384 e. The highest BCUT2D eigenvalue weighted by Gasteiger charge is 2.31. The van der Waals surface area contributed by atoms with Crippen LogP contribution in [0.15, 0.2) is 35.1 Å². The van der Waals surface area contributed by atoms with Gasteiger partial charge in [0.25, 0.3) is 5.56 Å². The first-order valence-electron chi connectivity index (χ1n) is 10.7. The molecule has 1 atom stereocenters. The average molecular weight is 450 g/mol. The van der Waals surface area contributed by atoms with Crippen molar-refractivity contribution in [1.29, 1.82) is 0 Å². The molecule has 0 radical (unpaired) electrons. The predicted octanol–water partition coefficient (Wildman–Crippen LogP) is 4.70. The Balaban J connectivity index is 0.000000222. The number of nitrogens with one attached hydrogen (secondary N) is 3. The van der Waals surface area contributed by atoms with Crippen molar-refractivity contribution in [2.24, 2.45) is 5.92 Å². The summed E-state index contributed by atoms with van der Waals surface area (Å²) in [7, 11) is 0. The molecule has 172 valence electrons. The van der Waals surface area contributed by atoms with Crippen LogP contribution >= 0.6 is 0 Å². The summed E-state index contributed by atoms with van der Waals surface area (Å²) in [4.78, 5) is 11.9. The molecular weight excluding hydrogens is 424 g/mol. The van der Waals surface area contributed by atoms with Crippen LogP contribution in [-0.4, -0.2) is 29.8 Å². The zero-order chi connectivity index (χ0) is 23.3. The maximum Gasteiger partial charge on any atom is 0.272 e. The van der Waals surface area contributed by atoms with Crippen LogP contribution in [0.3, 0.4) is 0 Å². The molecule has 5 rings (SSSR count). The van der Waals surface area contributed by atoms with Gasteiger partial charge in [0.15, 0.2) is 0 Å². The van der Waals surface area contributed by atoms with Crippen LogP contribution in [0.1, 0.15) is 38.3 Å². The zero-order valence-corrected chi connectivity index (χ0v) is 17.9. The van der Waals surface area contributed by atoms with Crippen LogP contribution in [0.2, 0.25) is 0 Å². The Hall–Kier alpha value is -2.94. The van der Waals surface area contributed by atoms with E-state index in [0.29, 0.717) is 35.2 Å². The van der Waals surface area contributed by atoms with Crippen LogP contribution in [0.25, 0.3) is 10.8 Å². The molecule has 1 aromatic heterocycles. The van der Waals surface area contributed by atoms with Crippen molar-refractivity contribution in [3.8, 4) is 0 Å². The van der Waals surface area contributed by atoms with Crippen LogP contribution in [0.5, 0.6) is 0 Å². The molecule has 1 saturated heterocycles.